The summed E-state index contributed by atoms with van der Waals surface area (Å²) in [5.74, 6) is 0.538. The van der Waals surface area contributed by atoms with E-state index in [2.05, 4.69) is 37.9 Å². The lowest BCUT2D eigenvalue weighted by Gasteiger charge is -2.20. The van der Waals surface area contributed by atoms with Gasteiger partial charge in [0.2, 0.25) is 5.95 Å². The predicted molar refractivity (Wildman–Crippen MR) is 115 cm³/mol. The molecule has 3 aromatic rings. The van der Waals surface area contributed by atoms with Crippen molar-refractivity contribution in [3.05, 3.63) is 63.9 Å². The molecule has 1 N–H and O–H groups in total. The van der Waals surface area contributed by atoms with E-state index in [1.165, 1.54) is 0 Å². The lowest BCUT2D eigenvalue weighted by Crippen LogP contribution is -2.17. The molecule has 9 heteroatoms. The van der Waals surface area contributed by atoms with E-state index in [9.17, 15) is 13.2 Å². The van der Waals surface area contributed by atoms with Crippen LogP contribution in [-0.2, 0) is 6.18 Å². The number of anilines is 4. The third-order valence-electron chi connectivity index (χ3n) is 4.02. The van der Waals surface area contributed by atoms with Crippen molar-refractivity contribution in [2.24, 2.45) is 0 Å². The second kappa shape index (κ2) is 8.85. The normalized spacial score (nSPS) is 11.2. The summed E-state index contributed by atoms with van der Waals surface area (Å²) in [6.07, 6.45) is -3.79. The zero-order valence-electron chi connectivity index (χ0n) is 15.7. The van der Waals surface area contributed by atoms with Crippen LogP contribution in [-0.4, -0.2) is 23.6 Å². The number of hydrogen-bond donors (Lipinski definition) is 1. The standard InChI is InChI=1S/C20H18F3IN4O/c1-3-29-16-10-8-15(9-11-16)28(2)19-25-12-17(20(21,22)23)18(27-19)26-14-6-4-13(24)5-7-14/h4-12H,3H2,1-2H3,(H,25,26,27). The lowest BCUT2D eigenvalue weighted by atomic mass is 10.2. The molecule has 0 spiro atoms. The summed E-state index contributed by atoms with van der Waals surface area (Å²) in [4.78, 5) is 9.67. The van der Waals surface area contributed by atoms with E-state index in [4.69, 9.17) is 4.74 Å². The summed E-state index contributed by atoms with van der Waals surface area (Å²) >= 11 is 2.13. The molecule has 1 heterocycles. The number of rotatable bonds is 6. The smallest absolute Gasteiger partial charge is 0.421 e. The van der Waals surface area contributed by atoms with Crippen LogP contribution in [0.25, 0.3) is 0 Å². The molecule has 1 aromatic heterocycles. The molecule has 152 valence electrons. The largest absolute Gasteiger partial charge is 0.494 e. The summed E-state index contributed by atoms with van der Waals surface area (Å²) in [6, 6.07) is 14.1. The first-order chi connectivity index (χ1) is 13.8. The van der Waals surface area contributed by atoms with E-state index in [1.54, 1.807) is 60.5 Å². The fourth-order valence-electron chi connectivity index (χ4n) is 2.55. The quantitative estimate of drug-likeness (QED) is 0.409. The fraction of sp³-hybridized carbons (Fsp3) is 0.200. The molecule has 29 heavy (non-hydrogen) atoms. The van der Waals surface area contributed by atoms with Crippen molar-refractivity contribution >= 4 is 45.7 Å². The summed E-state index contributed by atoms with van der Waals surface area (Å²) in [7, 11) is 1.69. The zero-order chi connectivity index (χ0) is 21.0. The summed E-state index contributed by atoms with van der Waals surface area (Å²) < 4.78 is 46.7. The van der Waals surface area contributed by atoms with Crippen molar-refractivity contribution in [2.75, 3.05) is 23.9 Å². The van der Waals surface area contributed by atoms with Gasteiger partial charge >= 0.3 is 6.18 Å². The van der Waals surface area contributed by atoms with Crippen molar-refractivity contribution in [3.8, 4) is 5.75 Å². The van der Waals surface area contributed by atoms with Crippen molar-refractivity contribution in [2.45, 2.75) is 13.1 Å². The molecule has 0 aliphatic heterocycles. The van der Waals surface area contributed by atoms with Gasteiger partial charge in [-0.3, -0.25) is 0 Å². The fourth-order valence-corrected chi connectivity index (χ4v) is 2.91. The molecule has 0 fully saturated rings. The number of hydrogen-bond acceptors (Lipinski definition) is 5. The highest BCUT2D eigenvalue weighted by Gasteiger charge is 2.35. The van der Waals surface area contributed by atoms with Crippen LogP contribution in [0.1, 0.15) is 12.5 Å². The number of alkyl halides is 3. The molecule has 0 unspecified atom stereocenters. The van der Waals surface area contributed by atoms with E-state index < -0.39 is 11.7 Å². The average Bonchev–Trinajstić information content (AvgIpc) is 2.69. The molecule has 0 aliphatic carbocycles. The minimum atomic E-state index is -4.58. The average molecular weight is 514 g/mol. The molecule has 0 radical (unpaired) electrons. The maximum absolute atomic E-state index is 13.4. The minimum absolute atomic E-state index is 0.134. The van der Waals surface area contributed by atoms with Gasteiger partial charge in [-0.1, -0.05) is 0 Å². The van der Waals surface area contributed by atoms with Gasteiger partial charge in [-0.05, 0) is 78.0 Å². The van der Waals surface area contributed by atoms with Crippen molar-refractivity contribution < 1.29 is 17.9 Å². The number of halogens is 4. The molecule has 0 saturated heterocycles. The van der Waals surface area contributed by atoms with Gasteiger partial charge in [-0.15, -0.1) is 0 Å². The van der Waals surface area contributed by atoms with Crippen molar-refractivity contribution in [1.82, 2.24) is 9.97 Å². The molecule has 2 aromatic carbocycles. The Morgan fingerprint density at radius 1 is 1.07 bits per heavy atom. The van der Waals surface area contributed by atoms with Crippen LogP contribution in [0.2, 0.25) is 0 Å². The Kier molecular flexibility index (Phi) is 6.46. The SMILES string of the molecule is CCOc1ccc(N(C)c2ncc(C(F)(F)F)c(Nc3ccc(I)cc3)n2)cc1. The van der Waals surface area contributed by atoms with E-state index >= 15 is 0 Å². The molecule has 0 amide bonds. The molecule has 0 atom stereocenters. The maximum Gasteiger partial charge on any atom is 0.421 e. The number of aromatic nitrogens is 2. The van der Waals surface area contributed by atoms with Gasteiger partial charge in [-0.25, -0.2) is 4.98 Å². The van der Waals surface area contributed by atoms with Gasteiger partial charge in [0.25, 0.3) is 0 Å². The number of nitrogens with zero attached hydrogens (tertiary/aromatic N) is 3. The maximum atomic E-state index is 13.4. The highest BCUT2D eigenvalue weighted by atomic mass is 127. The van der Waals surface area contributed by atoms with Crippen LogP contribution in [0.3, 0.4) is 0 Å². The lowest BCUT2D eigenvalue weighted by molar-refractivity contribution is -0.137. The van der Waals surface area contributed by atoms with E-state index in [1.807, 2.05) is 6.92 Å². The first-order valence-electron chi connectivity index (χ1n) is 8.71. The Morgan fingerprint density at radius 2 is 1.72 bits per heavy atom. The molecule has 0 aliphatic rings. The Bertz CT molecular complexity index is 963. The van der Waals surface area contributed by atoms with Crippen LogP contribution in [0.15, 0.2) is 54.7 Å². The summed E-state index contributed by atoms with van der Waals surface area (Å²) in [5.41, 5.74) is 0.289. The molecular weight excluding hydrogens is 496 g/mol. The van der Waals surface area contributed by atoms with E-state index in [0.717, 1.165) is 9.77 Å². The van der Waals surface area contributed by atoms with Gasteiger partial charge in [0, 0.05) is 28.2 Å². The number of benzene rings is 2. The first kappa shape index (κ1) is 21.2. The Hall–Kier alpha value is -2.56. The third-order valence-corrected chi connectivity index (χ3v) is 4.74. The number of ether oxygens (including phenoxy) is 1. The Labute approximate surface area is 180 Å². The van der Waals surface area contributed by atoms with Gasteiger partial charge in [-0.2, -0.15) is 18.2 Å². The van der Waals surface area contributed by atoms with Crippen molar-refractivity contribution in [3.63, 3.8) is 0 Å². The predicted octanol–water partition coefficient (Wildman–Crippen LogP) is 6.01. The Morgan fingerprint density at radius 3 is 2.31 bits per heavy atom. The van der Waals surface area contributed by atoms with E-state index in [0.29, 0.717) is 23.7 Å². The number of nitrogens with one attached hydrogen (secondary N) is 1. The van der Waals surface area contributed by atoms with Gasteiger partial charge in [0.1, 0.15) is 17.1 Å². The van der Waals surface area contributed by atoms with Crippen LogP contribution in [0, 0.1) is 3.57 Å². The van der Waals surface area contributed by atoms with Crippen LogP contribution >= 0.6 is 22.6 Å². The monoisotopic (exact) mass is 514 g/mol. The molecule has 0 saturated carbocycles. The van der Waals surface area contributed by atoms with Gasteiger partial charge < -0.3 is 15.0 Å². The molecule has 5 nitrogen and oxygen atoms in total. The highest BCUT2D eigenvalue weighted by Crippen LogP contribution is 2.36. The second-order valence-corrected chi connectivity index (χ2v) is 7.29. The molecule has 0 bridgehead atoms. The zero-order valence-corrected chi connectivity index (χ0v) is 17.8. The molecular formula is C20H18F3IN4O. The molecule has 3 rings (SSSR count). The summed E-state index contributed by atoms with van der Waals surface area (Å²) in [5, 5.41) is 2.76. The topological polar surface area (TPSA) is 50.3 Å². The van der Waals surface area contributed by atoms with Crippen LogP contribution in [0.4, 0.5) is 36.3 Å². The van der Waals surface area contributed by atoms with Crippen LogP contribution < -0.4 is 15.0 Å². The first-order valence-corrected chi connectivity index (χ1v) is 9.79. The minimum Gasteiger partial charge on any atom is -0.494 e. The third kappa shape index (κ3) is 5.28. The van der Waals surface area contributed by atoms with Crippen molar-refractivity contribution in [1.29, 1.82) is 0 Å². The van der Waals surface area contributed by atoms with Gasteiger partial charge in [0.05, 0.1) is 6.61 Å². The van der Waals surface area contributed by atoms with Gasteiger partial charge in [0.15, 0.2) is 0 Å². The Balaban J connectivity index is 1.94. The summed E-state index contributed by atoms with van der Waals surface area (Å²) in [6.45, 7) is 2.43. The van der Waals surface area contributed by atoms with E-state index in [-0.39, 0.29) is 11.8 Å². The second-order valence-electron chi connectivity index (χ2n) is 6.05. The highest BCUT2D eigenvalue weighted by molar-refractivity contribution is 14.1. The van der Waals surface area contributed by atoms with Crippen LogP contribution in [0.5, 0.6) is 5.75 Å².